The zero-order valence-electron chi connectivity index (χ0n) is 15.2. The third kappa shape index (κ3) is 4.38. The fourth-order valence-electron chi connectivity index (χ4n) is 2.83. The van der Waals surface area contributed by atoms with Crippen molar-refractivity contribution in [2.75, 3.05) is 25.0 Å². The molecule has 26 heavy (non-hydrogen) atoms. The van der Waals surface area contributed by atoms with Crippen molar-refractivity contribution in [3.63, 3.8) is 0 Å². The Morgan fingerprint density at radius 3 is 2.54 bits per heavy atom. The van der Waals surface area contributed by atoms with Crippen LogP contribution in [0.15, 0.2) is 24.3 Å². The van der Waals surface area contributed by atoms with Gasteiger partial charge in [-0.05, 0) is 25.0 Å². The summed E-state index contributed by atoms with van der Waals surface area (Å²) in [6.07, 6.45) is 0. The van der Waals surface area contributed by atoms with Gasteiger partial charge in [0.15, 0.2) is 0 Å². The van der Waals surface area contributed by atoms with Crippen LogP contribution in [0.4, 0.5) is 5.69 Å². The summed E-state index contributed by atoms with van der Waals surface area (Å²) in [5, 5.41) is 2.70. The third-order valence-electron chi connectivity index (χ3n) is 4.11. The van der Waals surface area contributed by atoms with Crippen molar-refractivity contribution in [2.24, 2.45) is 11.7 Å². The van der Waals surface area contributed by atoms with Crippen LogP contribution in [0.2, 0.25) is 0 Å². The number of amides is 4. The van der Waals surface area contributed by atoms with Gasteiger partial charge in [0.1, 0.15) is 12.6 Å². The zero-order valence-corrected chi connectivity index (χ0v) is 15.2. The first kappa shape index (κ1) is 19.4. The maximum absolute atomic E-state index is 12.9. The van der Waals surface area contributed by atoms with E-state index in [1.165, 1.54) is 9.80 Å². The highest BCUT2D eigenvalue weighted by atomic mass is 16.2. The number of nitrogens with one attached hydrogen (secondary N) is 1. The third-order valence-corrected chi connectivity index (χ3v) is 4.11. The Morgan fingerprint density at radius 2 is 1.92 bits per heavy atom. The minimum absolute atomic E-state index is 0.125. The maximum atomic E-state index is 12.9. The fraction of sp³-hybridized carbons (Fsp3) is 0.444. The highest BCUT2D eigenvalue weighted by Gasteiger charge is 2.34. The van der Waals surface area contributed by atoms with E-state index in [0.29, 0.717) is 17.8 Å². The quantitative estimate of drug-likeness (QED) is 0.766. The highest BCUT2D eigenvalue weighted by Crippen LogP contribution is 2.23. The van der Waals surface area contributed by atoms with E-state index < -0.39 is 23.8 Å². The van der Waals surface area contributed by atoms with E-state index >= 15 is 0 Å². The molecule has 0 saturated heterocycles. The molecule has 8 nitrogen and oxygen atoms in total. The number of hydrogen-bond donors (Lipinski definition) is 2. The molecule has 0 spiro atoms. The van der Waals surface area contributed by atoms with E-state index in [1.54, 1.807) is 31.2 Å². The lowest BCUT2D eigenvalue weighted by Crippen LogP contribution is -2.51. The summed E-state index contributed by atoms with van der Waals surface area (Å²) in [6.45, 7) is 5.18. The van der Waals surface area contributed by atoms with Gasteiger partial charge in [0.25, 0.3) is 5.91 Å². The molecule has 1 unspecified atom stereocenters. The van der Waals surface area contributed by atoms with Crippen molar-refractivity contribution in [3.8, 4) is 0 Å². The molecule has 0 aromatic heterocycles. The van der Waals surface area contributed by atoms with E-state index in [-0.39, 0.29) is 24.9 Å². The minimum atomic E-state index is -0.826. The summed E-state index contributed by atoms with van der Waals surface area (Å²) < 4.78 is 0. The summed E-state index contributed by atoms with van der Waals surface area (Å²) in [6, 6.07) is 5.82. The number of carbonyl (C=O) groups excluding carboxylic acids is 4. The van der Waals surface area contributed by atoms with Crippen LogP contribution in [0, 0.1) is 5.92 Å². The Bertz CT molecular complexity index is 732. The van der Waals surface area contributed by atoms with Crippen molar-refractivity contribution in [3.05, 3.63) is 29.8 Å². The van der Waals surface area contributed by atoms with Crippen LogP contribution in [-0.2, 0) is 14.4 Å². The highest BCUT2D eigenvalue weighted by molar-refractivity contribution is 6.10. The molecule has 2 rings (SSSR count). The van der Waals surface area contributed by atoms with Gasteiger partial charge >= 0.3 is 0 Å². The molecule has 1 aliphatic rings. The van der Waals surface area contributed by atoms with Gasteiger partial charge in [-0.1, -0.05) is 26.0 Å². The molecule has 1 aromatic rings. The molecule has 1 aliphatic heterocycles. The van der Waals surface area contributed by atoms with E-state index in [2.05, 4.69) is 5.32 Å². The van der Waals surface area contributed by atoms with Crippen LogP contribution in [0.25, 0.3) is 0 Å². The average Bonchev–Trinajstić information content (AvgIpc) is 2.64. The number of rotatable bonds is 6. The SMILES string of the molecule is CC(C)CN(CC(N)=O)C(=O)CN1C(=O)c2ccccc2NC(=O)C1C. The Morgan fingerprint density at radius 1 is 1.27 bits per heavy atom. The second kappa shape index (κ2) is 7.99. The number of fused-ring (bicyclic) bond motifs is 1. The molecular weight excluding hydrogens is 336 g/mol. The van der Waals surface area contributed by atoms with Gasteiger partial charge in [-0.2, -0.15) is 0 Å². The van der Waals surface area contributed by atoms with E-state index in [4.69, 9.17) is 5.73 Å². The molecule has 4 amide bonds. The fourth-order valence-corrected chi connectivity index (χ4v) is 2.83. The van der Waals surface area contributed by atoms with Gasteiger partial charge in [-0.15, -0.1) is 0 Å². The number of benzene rings is 1. The number of hydrogen-bond acceptors (Lipinski definition) is 4. The van der Waals surface area contributed by atoms with E-state index in [9.17, 15) is 19.2 Å². The van der Waals surface area contributed by atoms with E-state index in [0.717, 1.165) is 0 Å². The molecule has 0 fully saturated rings. The smallest absolute Gasteiger partial charge is 0.257 e. The topological polar surface area (TPSA) is 113 Å². The second-order valence-electron chi connectivity index (χ2n) is 6.78. The average molecular weight is 360 g/mol. The number of primary amides is 1. The number of nitrogens with two attached hydrogens (primary N) is 1. The van der Waals surface area contributed by atoms with Crippen molar-refractivity contribution in [1.82, 2.24) is 9.80 Å². The molecule has 0 radical (unpaired) electrons. The molecule has 1 aromatic carbocycles. The Hall–Kier alpha value is -2.90. The molecule has 0 aliphatic carbocycles. The van der Waals surface area contributed by atoms with Crippen molar-refractivity contribution >= 4 is 29.3 Å². The minimum Gasteiger partial charge on any atom is -0.368 e. The summed E-state index contributed by atoms with van der Waals surface area (Å²) in [7, 11) is 0. The summed E-state index contributed by atoms with van der Waals surface area (Å²) in [5.41, 5.74) is 5.97. The molecule has 1 heterocycles. The van der Waals surface area contributed by atoms with Gasteiger partial charge in [-0.3, -0.25) is 19.2 Å². The van der Waals surface area contributed by atoms with Crippen LogP contribution < -0.4 is 11.1 Å². The Labute approximate surface area is 152 Å². The largest absolute Gasteiger partial charge is 0.368 e. The molecule has 8 heteroatoms. The summed E-state index contributed by atoms with van der Waals surface area (Å²) >= 11 is 0. The lowest BCUT2D eigenvalue weighted by molar-refractivity contribution is -0.137. The lowest BCUT2D eigenvalue weighted by Gasteiger charge is -2.29. The predicted molar refractivity (Wildman–Crippen MR) is 96.2 cm³/mol. The van der Waals surface area contributed by atoms with Crippen molar-refractivity contribution < 1.29 is 19.2 Å². The molecule has 3 N–H and O–H groups in total. The number of carbonyl (C=O) groups is 4. The lowest BCUT2D eigenvalue weighted by atomic mass is 10.1. The first-order chi connectivity index (χ1) is 12.2. The van der Waals surface area contributed by atoms with Gasteiger partial charge in [0.05, 0.1) is 17.8 Å². The Kier molecular flexibility index (Phi) is 5.97. The molecule has 0 saturated carbocycles. The maximum Gasteiger partial charge on any atom is 0.257 e. The van der Waals surface area contributed by atoms with E-state index in [1.807, 2.05) is 13.8 Å². The second-order valence-corrected chi connectivity index (χ2v) is 6.78. The standard InChI is InChI=1S/C18H24N4O4/c1-11(2)8-21(9-15(19)23)16(24)10-22-12(3)17(25)20-14-7-5-4-6-13(14)18(22)26/h4-7,11-12H,8-10H2,1-3H3,(H2,19,23)(H,20,25). The van der Waals surface area contributed by atoms with Crippen molar-refractivity contribution in [1.29, 1.82) is 0 Å². The number of nitrogens with zero attached hydrogens (tertiary/aromatic N) is 2. The van der Waals surface area contributed by atoms with Crippen molar-refractivity contribution in [2.45, 2.75) is 26.8 Å². The summed E-state index contributed by atoms with van der Waals surface area (Å²) in [4.78, 5) is 51.7. The van der Waals surface area contributed by atoms with Gasteiger partial charge in [-0.25, -0.2) is 0 Å². The van der Waals surface area contributed by atoms with Crippen LogP contribution in [0.5, 0.6) is 0 Å². The molecule has 1 atom stereocenters. The molecular formula is C18H24N4O4. The van der Waals surface area contributed by atoms with Crippen LogP contribution >= 0.6 is 0 Å². The van der Waals surface area contributed by atoms with Crippen LogP contribution in [0.1, 0.15) is 31.1 Å². The van der Waals surface area contributed by atoms with Crippen LogP contribution in [0.3, 0.4) is 0 Å². The normalized spacial score (nSPS) is 16.8. The predicted octanol–water partition coefficient (Wildman–Crippen LogP) is 0.439. The molecule has 140 valence electrons. The summed E-state index contributed by atoms with van der Waals surface area (Å²) in [5.74, 6) is -1.72. The zero-order chi connectivity index (χ0) is 19.4. The van der Waals surface area contributed by atoms with Crippen LogP contribution in [-0.4, -0.2) is 59.1 Å². The van der Waals surface area contributed by atoms with Gasteiger partial charge in [0, 0.05) is 6.54 Å². The Balaban J connectivity index is 2.27. The number of anilines is 1. The number of para-hydroxylation sites is 1. The first-order valence-corrected chi connectivity index (χ1v) is 8.47. The van der Waals surface area contributed by atoms with Gasteiger partial charge in [0.2, 0.25) is 17.7 Å². The molecule has 0 bridgehead atoms. The van der Waals surface area contributed by atoms with Gasteiger partial charge < -0.3 is 20.9 Å². The monoisotopic (exact) mass is 360 g/mol. The first-order valence-electron chi connectivity index (χ1n) is 8.47.